The molecule has 3 rings (SSSR count). The molecule has 0 bridgehead atoms. The normalized spacial score (nSPS) is 15.3. The number of benzene rings is 1. The lowest BCUT2D eigenvalue weighted by Crippen LogP contribution is -2.46. The summed E-state index contributed by atoms with van der Waals surface area (Å²) in [6, 6.07) is 7.67. The van der Waals surface area contributed by atoms with Crippen LogP contribution in [0.3, 0.4) is 0 Å². The first-order chi connectivity index (χ1) is 11.7. The van der Waals surface area contributed by atoms with E-state index in [1.807, 2.05) is 24.3 Å². The number of piperazine rings is 1. The molecular formula is C17H24N6O. The number of hydrogen-bond acceptors (Lipinski definition) is 7. The number of likely N-dealkylation sites (N-methyl/N-ethyl adjacent to an activating group) is 1. The van der Waals surface area contributed by atoms with E-state index in [0.29, 0.717) is 11.5 Å². The van der Waals surface area contributed by atoms with Gasteiger partial charge in [-0.25, -0.2) is 9.97 Å². The largest absolute Gasteiger partial charge is 0.497 e. The maximum atomic E-state index is 6.33. The Hall–Kier alpha value is -2.54. The van der Waals surface area contributed by atoms with Gasteiger partial charge in [-0.05, 0) is 18.7 Å². The maximum Gasteiger partial charge on any atom is 0.159 e. The molecule has 2 aromatic rings. The highest BCUT2D eigenvalue weighted by Crippen LogP contribution is 2.29. The minimum absolute atomic E-state index is 0.574. The molecule has 1 aliphatic heterocycles. The van der Waals surface area contributed by atoms with E-state index in [0.717, 1.165) is 50.0 Å². The molecule has 2 heterocycles. The van der Waals surface area contributed by atoms with Crippen LogP contribution in [0.4, 0.5) is 23.0 Å². The summed E-state index contributed by atoms with van der Waals surface area (Å²) in [5.74, 6) is 2.20. The van der Waals surface area contributed by atoms with E-state index in [1.165, 1.54) is 0 Å². The first-order valence-electron chi connectivity index (χ1n) is 8.20. The quantitative estimate of drug-likeness (QED) is 0.868. The molecule has 7 nitrogen and oxygen atoms in total. The average Bonchev–Trinajstić information content (AvgIpc) is 2.64. The van der Waals surface area contributed by atoms with Gasteiger partial charge in [0.15, 0.2) is 11.6 Å². The van der Waals surface area contributed by atoms with Crippen LogP contribution in [-0.2, 0) is 0 Å². The number of nitrogens with two attached hydrogens (primary N) is 1. The topological polar surface area (TPSA) is 79.5 Å². The van der Waals surface area contributed by atoms with Crippen LogP contribution in [0.25, 0.3) is 0 Å². The molecule has 1 saturated heterocycles. The third kappa shape index (κ3) is 3.51. The van der Waals surface area contributed by atoms with E-state index in [2.05, 4.69) is 32.0 Å². The van der Waals surface area contributed by atoms with Crippen molar-refractivity contribution in [3.63, 3.8) is 0 Å². The summed E-state index contributed by atoms with van der Waals surface area (Å²) in [6.45, 7) is 7.17. The predicted octanol–water partition coefficient (Wildman–Crippen LogP) is 1.95. The minimum atomic E-state index is 0.574. The van der Waals surface area contributed by atoms with Gasteiger partial charge in [0.2, 0.25) is 0 Å². The Morgan fingerprint density at radius 3 is 2.71 bits per heavy atom. The van der Waals surface area contributed by atoms with Crippen LogP contribution in [0.2, 0.25) is 0 Å². The molecule has 1 aromatic carbocycles. The van der Waals surface area contributed by atoms with Crippen molar-refractivity contribution < 1.29 is 4.74 Å². The molecule has 1 aromatic heterocycles. The van der Waals surface area contributed by atoms with E-state index < -0.39 is 0 Å². The third-order valence-electron chi connectivity index (χ3n) is 4.31. The fourth-order valence-electron chi connectivity index (χ4n) is 2.85. The van der Waals surface area contributed by atoms with Crippen LogP contribution in [-0.4, -0.2) is 54.7 Å². The Balaban J connectivity index is 1.78. The van der Waals surface area contributed by atoms with Crippen LogP contribution in [0.15, 0.2) is 30.6 Å². The summed E-state index contributed by atoms with van der Waals surface area (Å²) in [6.07, 6.45) is 1.56. The zero-order valence-electron chi connectivity index (χ0n) is 14.2. The molecule has 0 saturated carbocycles. The molecule has 3 N–H and O–H groups in total. The highest BCUT2D eigenvalue weighted by molar-refractivity contribution is 5.78. The van der Waals surface area contributed by atoms with Gasteiger partial charge in [0.05, 0.1) is 7.11 Å². The zero-order valence-corrected chi connectivity index (χ0v) is 14.2. The van der Waals surface area contributed by atoms with E-state index in [1.54, 1.807) is 13.4 Å². The van der Waals surface area contributed by atoms with Gasteiger partial charge < -0.3 is 25.6 Å². The lowest BCUT2D eigenvalue weighted by Gasteiger charge is -2.35. The Labute approximate surface area is 142 Å². The van der Waals surface area contributed by atoms with E-state index >= 15 is 0 Å². The first kappa shape index (κ1) is 16.3. The fourth-order valence-corrected chi connectivity index (χ4v) is 2.85. The number of nitrogens with one attached hydrogen (secondary N) is 1. The second-order valence-electron chi connectivity index (χ2n) is 5.74. The lowest BCUT2D eigenvalue weighted by molar-refractivity contribution is 0.270. The molecule has 0 radical (unpaired) electrons. The highest BCUT2D eigenvalue weighted by atomic mass is 16.5. The predicted molar refractivity (Wildman–Crippen MR) is 97.0 cm³/mol. The van der Waals surface area contributed by atoms with Gasteiger partial charge in [0, 0.05) is 37.9 Å². The number of aromatic nitrogens is 2. The summed E-state index contributed by atoms with van der Waals surface area (Å²) >= 11 is 0. The average molecular weight is 328 g/mol. The SMILES string of the molecule is CCN1CCN(c2ncnc(Nc3cccc(OC)c3)c2N)CC1. The molecule has 0 unspecified atom stereocenters. The van der Waals surface area contributed by atoms with Gasteiger partial charge in [0.25, 0.3) is 0 Å². The molecule has 0 atom stereocenters. The van der Waals surface area contributed by atoms with Gasteiger partial charge in [-0.2, -0.15) is 0 Å². The standard InChI is InChI=1S/C17H24N6O/c1-3-22-7-9-23(10-8-22)17-15(18)16(19-12-20-17)21-13-5-4-6-14(11-13)24-2/h4-6,11-12H,3,7-10,18H2,1-2H3,(H,19,20,21). The van der Waals surface area contributed by atoms with Gasteiger partial charge in [-0.15, -0.1) is 0 Å². The van der Waals surface area contributed by atoms with E-state index in [9.17, 15) is 0 Å². The summed E-state index contributed by atoms with van der Waals surface area (Å²) in [4.78, 5) is 13.3. The second kappa shape index (κ2) is 7.35. The molecule has 24 heavy (non-hydrogen) atoms. The smallest absolute Gasteiger partial charge is 0.159 e. The van der Waals surface area contributed by atoms with Crippen molar-refractivity contribution in [2.24, 2.45) is 0 Å². The molecule has 0 aliphatic carbocycles. The Morgan fingerprint density at radius 1 is 1.21 bits per heavy atom. The Morgan fingerprint density at radius 2 is 2.00 bits per heavy atom. The van der Waals surface area contributed by atoms with Crippen LogP contribution in [0.1, 0.15) is 6.92 Å². The van der Waals surface area contributed by atoms with Gasteiger partial charge in [0.1, 0.15) is 17.8 Å². The van der Waals surface area contributed by atoms with Crippen molar-refractivity contribution in [3.05, 3.63) is 30.6 Å². The monoisotopic (exact) mass is 328 g/mol. The van der Waals surface area contributed by atoms with Gasteiger partial charge >= 0.3 is 0 Å². The second-order valence-corrected chi connectivity index (χ2v) is 5.74. The molecule has 7 heteroatoms. The highest BCUT2D eigenvalue weighted by Gasteiger charge is 2.20. The zero-order chi connectivity index (χ0) is 16.9. The Kier molecular flexibility index (Phi) is 5.00. The molecule has 128 valence electrons. The first-order valence-corrected chi connectivity index (χ1v) is 8.20. The number of rotatable bonds is 5. The number of anilines is 4. The van der Waals surface area contributed by atoms with E-state index in [4.69, 9.17) is 10.5 Å². The van der Waals surface area contributed by atoms with Crippen LogP contribution in [0, 0.1) is 0 Å². The number of hydrogen-bond donors (Lipinski definition) is 2. The molecular weight excluding hydrogens is 304 g/mol. The van der Waals surface area contributed by atoms with Crippen LogP contribution in [0.5, 0.6) is 5.75 Å². The molecule has 1 aliphatic rings. The maximum absolute atomic E-state index is 6.33. The van der Waals surface area contributed by atoms with Gasteiger partial charge in [-0.1, -0.05) is 13.0 Å². The third-order valence-corrected chi connectivity index (χ3v) is 4.31. The summed E-state index contributed by atoms with van der Waals surface area (Å²) in [7, 11) is 1.65. The van der Waals surface area contributed by atoms with Crippen molar-refractivity contribution in [2.45, 2.75) is 6.92 Å². The Bertz CT molecular complexity index is 685. The fraction of sp³-hybridized carbons (Fsp3) is 0.412. The molecule has 0 spiro atoms. The van der Waals surface area contributed by atoms with Crippen LogP contribution < -0.4 is 20.7 Å². The number of ether oxygens (including phenoxy) is 1. The number of methoxy groups -OCH3 is 1. The van der Waals surface area contributed by atoms with Crippen LogP contribution >= 0.6 is 0 Å². The lowest BCUT2D eigenvalue weighted by atomic mass is 10.2. The number of nitrogens with zero attached hydrogens (tertiary/aromatic N) is 4. The van der Waals surface area contributed by atoms with E-state index in [-0.39, 0.29) is 0 Å². The number of nitrogen functional groups attached to an aromatic ring is 1. The summed E-state index contributed by atoms with van der Waals surface area (Å²) in [5.41, 5.74) is 7.78. The summed E-state index contributed by atoms with van der Waals surface area (Å²) < 4.78 is 5.25. The van der Waals surface area contributed by atoms with Crippen molar-refractivity contribution in [3.8, 4) is 5.75 Å². The summed E-state index contributed by atoms with van der Waals surface area (Å²) in [5, 5.41) is 3.25. The van der Waals surface area contributed by atoms with Crippen molar-refractivity contribution in [1.82, 2.24) is 14.9 Å². The molecule has 0 amide bonds. The van der Waals surface area contributed by atoms with Crippen molar-refractivity contribution in [1.29, 1.82) is 0 Å². The van der Waals surface area contributed by atoms with Gasteiger partial charge in [-0.3, -0.25) is 0 Å². The van der Waals surface area contributed by atoms with Crippen molar-refractivity contribution >= 4 is 23.0 Å². The van der Waals surface area contributed by atoms with Crippen molar-refractivity contribution in [2.75, 3.05) is 55.8 Å². The minimum Gasteiger partial charge on any atom is -0.497 e. The molecule has 1 fully saturated rings.